The largest absolute Gasteiger partial charge is 0.465 e. The minimum Gasteiger partial charge on any atom is -0.465 e. The van der Waals surface area contributed by atoms with Gasteiger partial charge < -0.3 is 9.64 Å². The lowest BCUT2D eigenvalue weighted by atomic mass is 10.0. The molecule has 2 aromatic carbocycles. The second-order valence-electron chi connectivity index (χ2n) is 7.79. The highest BCUT2D eigenvalue weighted by atomic mass is 16.5. The number of piperazine rings is 1. The molecule has 1 aliphatic rings. The summed E-state index contributed by atoms with van der Waals surface area (Å²) in [4.78, 5) is 42.0. The quantitative estimate of drug-likeness (QED) is 0.619. The van der Waals surface area contributed by atoms with Crippen LogP contribution in [0.1, 0.15) is 37.0 Å². The third-order valence-electron chi connectivity index (χ3n) is 5.75. The van der Waals surface area contributed by atoms with Gasteiger partial charge in [-0.05, 0) is 35.4 Å². The fourth-order valence-electron chi connectivity index (χ4n) is 3.85. The number of ether oxygens (including phenoxy) is 1. The zero-order valence-electron chi connectivity index (χ0n) is 19.0. The first-order valence-electron chi connectivity index (χ1n) is 11.1. The van der Waals surface area contributed by atoms with E-state index in [0.717, 1.165) is 43.0 Å². The first kappa shape index (κ1) is 23.5. The van der Waals surface area contributed by atoms with Crippen LogP contribution in [-0.4, -0.2) is 67.5 Å². The molecule has 32 heavy (non-hydrogen) atoms. The SMILES string of the molecule is CCC(=O)N(CN1CCN(c2cccc(-c3cccc(C(=O)OC)c3)c2)CC1)C(=O)CC. The highest BCUT2D eigenvalue weighted by Crippen LogP contribution is 2.26. The monoisotopic (exact) mass is 437 g/mol. The van der Waals surface area contributed by atoms with Crippen LogP contribution in [-0.2, 0) is 14.3 Å². The Morgan fingerprint density at radius 2 is 1.47 bits per heavy atom. The average Bonchev–Trinajstić information content (AvgIpc) is 2.86. The van der Waals surface area contributed by atoms with Crippen molar-refractivity contribution in [2.75, 3.05) is 44.9 Å². The number of nitrogens with zero attached hydrogens (tertiary/aromatic N) is 3. The maximum atomic E-state index is 12.2. The van der Waals surface area contributed by atoms with Gasteiger partial charge in [-0.1, -0.05) is 38.1 Å². The van der Waals surface area contributed by atoms with E-state index in [1.807, 2.05) is 30.3 Å². The predicted molar refractivity (Wildman–Crippen MR) is 124 cm³/mol. The van der Waals surface area contributed by atoms with Gasteiger partial charge in [0.25, 0.3) is 0 Å². The van der Waals surface area contributed by atoms with Crippen LogP contribution in [0.4, 0.5) is 5.69 Å². The summed E-state index contributed by atoms with van der Waals surface area (Å²) in [6, 6.07) is 15.7. The highest BCUT2D eigenvalue weighted by Gasteiger charge is 2.24. The molecule has 0 bridgehead atoms. The molecule has 0 radical (unpaired) electrons. The number of amides is 2. The van der Waals surface area contributed by atoms with Crippen molar-refractivity contribution in [2.45, 2.75) is 26.7 Å². The Labute approximate surface area is 189 Å². The second-order valence-corrected chi connectivity index (χ2v) is 7.79. The van der Waals surface area contributed by atoms with E-state index in [4.69, 9.17) is 4.74 Å². The fourth-order valence-corrected chi connectivity index (χ4v) is 3.85. The summed E-state index contributed by atoms with van der Waals surface area (Å²) in [6.45, 7) is 7.07. The molecule has 3 rings (SSSR count). The molecule has 0 aromatic heterocycles. The number of imide groups is 1. The maximum Gasteiger partial charge on any atom is 0.337 e. The van der Waals surface area contributed by atoms with Crippen LogP contribution in [0.5, 0.6) is 0 Å². The van der Waals surface area contributed by atoms with E-state index in [1.54, 1.807) is 19.9 Å². The molecule has 0 atom stereocenters. The van der Waals surface area contributed by atoms with Crippen molar-refractivity contribution in [2.24, 2.45) is 0 Å². The summed E-state index contributed by atoms with van der Waals surface area (Å²) in [7, 11) is 1.38. The van der Waals surface area contributed by atoms with Crippen molar-refractivity contribution in [3.8, 4) is 11.1 Å². The molecular formula is C25H31N3O4. The summed E-state index contributed by atoms with van der Waals surface area (Å²) in [5.41, 5.74) is 3.62. The molecule has 0 spiro atoms. The topological polar surface area (TPSA) is 70.2 Å². The zero-order chi connectivity index (χ0) is 23.1. The van der Waals surface area contributed by atoms with Crippen LogP contribution in [0.3, 0.4) is 0 Å². The third kappa shape index (κ3) is 5.53. The van der Waals surface area contributed by atoms with Crippen molar-refractivity contribution >= 4 is 23.5 Å². The summed E-state index contributed by atoms with van der Waals surface area (Å²) in [5, 5.41) is 0. The normalized spacial score (nSPS) is 14.2. The molecule has 1 saturated heterocycles. The van der Waals surface area contributed by atoms with Gasteiger partial charge in [0.1, 0.15) is 0 Å². The molecule has 0 N–H and O–H groups in total. The van der Waals surface area contributed by atoms with E-state index in [2.05, 4.69) is 21.9 Å². The van der Waals surface area contributed by atoms with Crippen molar-refractivity contribution in [1.29, 1.82) is 0 Å². The smallest absolute Gasteiger partial charge is 0.337 e. The number of benzene rings is 2. The van der Waals surface area contributed by atoms with Crippen molar-refractivity contribution in [3.05, 3.63) is 54.1 Å². The van der Waals surface area contributed by atoms with Gasteiger partial charge >= 0.3 is 5.97 Å². The lowest BCUT2D eigenvalue weighted by Gasteiger charge is -2.38. The van der Waals surface area contributed by atoms with Crippen LogP contribution in [0.25, 0.3) is 11.1 Å². The zero-order valence-corrected chi connectivity index (χ0v) is 19.0. The lowest BCUT2D eigenvalue weighted by Crippen LogP contribution is -2.52. The fraction of sp³-hybridized carbons (Fsp3) is 0.400. The Balaban J connectivity index is 1.67. The Morgan fingerprint density at radius 3 is 2.06 bits per heavy atom. The highest BCUT2D eigenvalue weighted by molar-refractivity contribution is 5.95. The van der Waals surface area contributed by atoms with E-state index < -0.39 is 0 Å². The first-order chi connectivity index (χ1) is 15.5. The molecule has 0 unspecified atom stereocenters. The van der Waals surface area contributed by atoms with Crippen molar-refractivity contribution in [3.63, 3.8) is 0 Å². The molecule has 0 aliphatic carbocycles. The van der Waals surface area contributed by atoms with Crippen LogP contribution < -0.4 is 4.90 Å². The number of carbonyl (C=O) groups is 3. The molecular weight excluding hydrogens is 406 g/mol. The van der Waals surface area contributed by atoms with E-state index in [1.165, 1.54) is 12.0 Å². The molecule has 1 aliphatic heterocycles. The van der Waals surface area contributed by atoms with Crippen LogP contribution in [0.15, 0.2) is 48.5 Å². The van der Waals surface area contributed by atoms with Crippen molar-refractivity contribution < 1.29 is 19.1 Å². The standard InChI is InChI=1S/C25H31N3O4/c1-4-23(29)28(24(30)5-2)18-26-12-14-27(15-13-26)22-11-7-9-20(17-22)19-8-6-10-21(16-19)25(31)32-3/h6-11,16-17H,4-5,12-15,18H2,1-3H3. The molecule has 1 fully saturated rings. The molecule has 7 nitrogen and oxygen atoms in total. The third-order valence-corrected chi connectivity index (χ3v) is 5.75. The number of hydrogen-bond donors (Lipinski definition) is 0. The number of rotatable bonds is 7. The van der Waals surface area contributed by atoms with E-state index in [9.17, 15) is 14.4 Å². The molecule has 2 aromatic rings. The second kappa shape index (κ2) is 10.9. The minimum atomic E-state index is -0.351. The number of anilines is 1. The van der Waals surface area contributed by atoms with Gasteiger partial charge in [-0.2, -0.15) is 0 Å². The average molecular weight is 438 g/mol. The van der Waals surface area contributed by atoms with Crippen LogP contribution in [0, 0.1) is 0 Å². The summed E-state index contributed by atoms with van der Waals surface area (Å²) in [6.07, 6.45) is 0.658. The number of methoxy groups -OCH3 is 1. The predicted octanol–water partition coefficient (Wildman–Crippen LogP) is 3.39. The number of esters is 1. The Bertz CT molecular complexity index is 951. The minimum absolute atomic E-state index is 0.124. The van der Waals surface area contributed by atoms with E-state index in [0.29, 0.717) is 25.1 Å². The first-order valence-corrected chi connectivity index (χ1v) is 11.1. The van der Waals surface area contributed by atoms with Crippen LogP contribution in [0.2, 0.25) is 0 Å². The van der Waals surface area contributed by atoms with Gasteiger partial charge in [-0.25, -0.2) is 4.79 Å². The lowest BCUT2D eigenvalue weighted by molar-refractivity contribution is -0.147. The molecule has 170 valence electrons. The van der Waals surface area contributed by atoms with Gasteiger partial charge in [0.15, 0.2) is 0 Å². The van der Waals surface area contributed by atoms with Gasteiger partial charge in [-0.15, -0.1) is 0 Å². The van der Waals surface area contributed by atoms with Crippen molar-refractivity contribution in [1.82, 2.24) is 9.80 Å². The maximum absolute atomic E-state index is 12.2. The molecule has 0 saturated carbocycles. The molecule has 1 heterocycles. The Kier molecular flexibility index (Phi) is 8.00. The van der Waals surface area contributed by atoms with Gasteiger partial charge in [0.05, 0.1) is 19.3 Å². The van der Waals surface area contributed by atoms with Crippen LogP contribution >= 0.6 is 0 Å². The molecule has 2 amide bonds. The molecule has 7 heteroatoms. The summed E-state index contributed by atoms with van der Waals surface area (Å²) < 4.78 is 4.83. The Morgan fingerprint density at radius 1 is 0.875 bits per heavy atom. The summed E-state index contributed by atoms with van der Waals surface area (Å²) >= 11 is 0. The van der Waals surface area contributed by atoms with E-state index >= 15 is 0 Å². The van der Waals surface area contributed by atoms with Gasteiger partial charge in [0.2, 0.25) is 11.8 Å². The summed E-state index contributed by atoms with van der Waals surface area (Å²) in [5.74, 6) is -0.599. The number of carbonyl (C=O) groups excluding carboxylic acids is 3. The van der Waals surface area contributed by atoms with Gasteiger partial charge in [0, 0.05) is 44.7 Å². The number of hydrogen-bond acceptors (Lipinski definition) is 6. The van der Waals surface area contributed by atoms with E-state index in [-0.39, 0.29) is 17.8 Å². The Hall–Kier alpha value is -3.19. The van der Waals surface area contributed by atoms with Gasteiger partial charge in [-0.3, -0.25) is 19.4 Å².